The molecule has 0 fully saturated rings. The van der Waals surface area contributed by atoms with Crippen molar-refractivity contribution in [2.75, 3.05) is 0 Å². The van der Waals surface area contributed by atoms with Gasteiger partial charge in [-0.15, -0.1) is 0 Å². The largest absolute Gasteiger partial charge is 0.435 e. The van der Waals surface area contributed by atoms with Crippen molar-refractivity contribution in [3.05, 3.63) is 29.8 Å². The van der Waals surface area contributed by atoms with E-state index < -0.39 is 18.4 Å². The van der Waals surface area contributed by atoms with E-state index in [0.29, 0.717) is 5.56 Å². The van der Waals surface area contributed by atoms with Crippen LogP contribution in [0.2, 0.25) is 0 Å². The summed E-state index contributed by atoms with van der Waals surface area (Å²) >= 11 is 0. The Labute approximate surface area is 98.6 Å². The molecule has 17 heavy (non-hydrogen) atoms. The van der Waals surface area contributed by atoms with E-state index in [9.17, 15) is 13.6 Å². The van der Waals surface area contributed by atoms with E-state index >= 15 is 0 Å². The highest BCUT2D eigenvalue weighted by Gasteiger charge is 2.21. The smallest absolute Gasteiger partial charge is 0.387 e. The van der Waals surface area contributed by atoms with Crippen molar-refractivity contribution in [2.45, 2.75) is 26.4 Å². The first-order valence-corrected chi connectivity index (χ1v) is 5.26. The van der Waals surface area contributed by atoms with Gasteiger partial charge in [0.25, 0.3) is 0 Å². The minimum atomic E-state index is -2.85. The Bertz CT molecular complexity index is 377. The fourth-order valence-corrected chi connectivity index (χ4v) is 1.73. The molecule has 3 nitrogen and oxygen atoms in total. The number of hydrogen-bond donors (Lipinski definition) is 1. The molecule has 5 heteroatoms. The van der Waals surface area contributed by atoms with Crippen LogP contribution in [-0.4, -0.2) is 12.5 Å². The molecule has 1 aromatic carbocycles. The van der Waals surface area contributed by atoms with Crippen LogP contribution in [0.3, 0.4) is 0 Å². The maximum atomic E-state index is 11.9. The number of amides is 1. The predicted molar refractivity (Wildman–Crippen MR) is 59.8 cm³/mol. The normalized spacial score (nSPS) is 12.8. The lowest BCUT2D eigenvalue weighted by molar-refractivity contribution is -0.120. The maximum Gasteiger partial charge on any atom is 0.387 e. The first-order chi connectivity index (χ1) is 7.91. The van der Waals surface area contributed by atoms with Gasteiger partial charge in [0.15, 0.2) is 0 Å². The lowest BCUT2D eigenvalue weighted by atomic mass is 9.88. The van der Waals surface area contributed by atoms with Crippen LogP contribution in [0.25, 0.3) is 0 Å². The summed E-state index contributed by atoms with van der Waals surface area (Å²) in [5.74, 6) is -0.733. The summed E-state index contributed by atoms with van der Waals surface area (Å²) in [6.45, 7) is 0.899. The minimum absolute atomic E-state index is 0.0503. The van der Waals surface area contributed by atoms with E-state index in [1.807, 2.05) is 13.8 Å². The highest BCUT2D eigenvalue weighted by Crippen LogP contribution is 2.26. The fraction of sp³-hybridized carbons (Fsp3) is 0.417. The van der Waals surface area contributed by atoms with Crippen LogP contribution >= 0.6 is 0 Å². The zero-order valence-corrected chi connectivity index (χ0v) is 9.69. The molecular weight excluding hydrogens is 228 g/mol. The topological polar surface area (TPSA) is 52.3 Å². The first-order valence-electron chi connectivity index (χ1n) is 5.26. The van der Waals surface area contributed by atoms with Crippen molar-refractivity contribution < 1.29 is 18.3 Å². The SMILES string of the molecule is CC(C)C(C(N)=O)c1ccc(OC(F)F)cc1. The average Bonchev–Trinajstić information content (AvgIpc) is 2.18. The summed E-state index contributed by atoms with van der Waals surface area (Å²) in [5, 5.41) is 0. The van der Waals surface area contributed by atoms with E-state index in [1.165, 1.54) is 12.1 Å². The number of primary amides is 1. The zero-order chi connectivity index (χ0) is 13.0. The summed E-state index contributed by atoms with van der Waals surface area (Å²) in [6, 6.07) is 5.96. The Balaban J connectivity index is 2.88. The molecular formula is C12H15F2NO2. The lowest BCUT2D eigenvalue weighted by Crippen LogP contribution is -2.25. The van der Waals surface area contributed by atoms with Crippen LogP contribution in [-0.2, 0) is 4.79 Å². The predicted octanol–water partition coefficient (Wildman–Crippen LogP) is 2.51. The van der Waals surface area contributed by atoms with Crippen LogP contribution < -0.4 is 10.5 Å². The maximum absolute atomic E-state index is 11.9. The molecule has 0 aliphatic heterocycles. The molecule has 1 amide bonds. The van der Waals surface area contributed by atoms with Crippen molar-refractivity contribution in [1.29, 1.82) is 0 Å². The fourth-order valence-electron chi connectivity index (χ4n) is 1.73. The number of carbonyl (C=O) groups is 1. The highest BCUT2D eigenvalue weighted by atomic mass is 19.3. The Morgan fingerprint density at radius 1 is 1.24 bits per heavy atom. The highest BCUT2D eigenvalue weighted by molar-refractivity contribution is 5.82. The van der Waals surface area contributed by atoms with E-state index in [-0.39, 0.29) is 11.7 Å². The molecule has 0 aromatic heterocycles. The Hall–Kier alpha value is -1.65. The minimum Gasteiger partial charge on any atom is -0.435 e. The molecule has 1 atom stereocenters. The number of benzene rings is 1. The van der Waals surface area contributed by atoms with Gasteiger partial charge in [-0.3, -0.25) is 4.79 Å². The van der Waals surface area contributed by atoms with Crippen LogP contribution in [0.15, 0.2) is 24.3 Å². The van der Waals surface area contributed by atoms with Gasteiger partial charge in [0, 0.05) is 0 Å². The second-order valence-electron chi connectivity index (χ2n) is 4.07. The van der Waals surface area contributed by atoms with Gasteiger partial charge in [-0.25, -0.2) is 0 Å². The summed E-state index contributed by atoms with van der Waals surface area (Å²) in [4.78, 5) is 11.3. The Kier molecular flexibility index (Phi) is 4.43. The third-order valence-corrected chi connectivity index (χ3v) is 2.44. The molecule has 0 saturated carbocycles. The quantitative estimate of drug-likeness (QED) is 0.863. The molecule has 0 bridgehead atoms. The molecule has 1 aromatic rings. The Morgan fingerprint density at radius 3 is 2.12 bits per heavy atom. The number of ether oxygens (including phenoxy) is 1. The van der Waals surface area contributed by atoms with Gasteiger partial charge in [0.05, 0.1) is 5.92 Å². The molecule has 0 aliphatic rings. The molecule has 1 rings (SSSR count). The molecule has 2 N–H and O–H groups in total. The Morgan fingerprint density at radius 2 is 1.76 bits per heavy atom. The van der Waals surface area contributed by atoms with Crippen LogP contribution in [0.4, 0.5) is 8.78 Å². The number of nitrogens with two attached hydrogens (primary N) is 1. The number of carbonyl (C=O) groups excluding carboxylic acids is 1. The molecule has 0 saturated heterocycles. The van der Waals surface area contributed by atoms with Crippen molar-refractivity contribution in [3.63, 3.8) is 0 Å². The monoisotopic (exact) mass is 243 g/mol. The van der Waals surface area contributed by atoms with E-state index in [2.05, 4.69) is 4.74 Å². The van der Waals surface area contributed by atoms with E-state index in [0.717, 1.165) is 0 Å². The third-order valence-electron chi connectivity index (χ3n) is 2.44. The van der Waals surface area contributed by atoms with Crippen LogP contribution in [0.1, 0.15) is 25.3 Å². The summed E-state index contributed by atoms with van der Waals surface area (Å²) < 4.78 is 28.1. The van der Waals surface area contributed by atoms with Gasteiger partial charge in [-0.05, 0) is 23.6 Å². The third kappa shape index (κ3) is 3.69. The number of halogens is 2. The van der Waals surface area contributed by atoms with Gasteiger partial charge in [-0.1, -0.05) is 26.0 Å². The van der Waals surface area contributed by atoms with Gasteiger partial charge in [0.2, 0.25) is 5.91 Å². The lowest BCUT2D eigenvalue weighted by Gasteiger charge is -2.17. The van der Waals surface area contributed by atoms with Crippen molar-refractivity contribution in [2.24, 2.45) is 11.7 Å². The number of rotatable bonds is 5. The first kappa shape index (κ1) is 13.4. The van der Waals surface area contributed by atoms with Crippen molar-refractivity contribution >= 4 is 5.91 Å². The number of alkyl halides is 2. The summed E-state index contributed by atoms with van der Waals surface area (Å²) in [6.07, 6.45) is 0. The van der Waals surface area contributed by atoms with Crippen molar-refractivity contribution in [3.8, 4) is 5.75 Å². The van der Waals surface area contributed by atoms with Crippen LogP contribution in [0.5, 0.6) is 5.75 Å². The summed E-state index contributed by atoms with van der Waals surface area (Å²) in [5.41, 5.74) is 6.00. The molecule has 0 spiro atoms. The zero-order valence-electron chi connectivity index (χ0n) is 9.69. The van der Waals surface area contributed by atoms with E-state index in [1.54, 1.807) is 12.1 Å². The number of hydrogen-bond acceptors (Lipinski definition) is 2. The van der Waals surface area contributed by atoms with Crippen molar-refractivity contribution in [1.82, 2.24) is 0 Å². The second kappa shape index (κ2) is 5.61. The van der Waals surface area contributed by atoms with E-state index in [4.69, 9.17) is 5.73 Å². The standard InChI is InChI=1S/C12H15F2NO2/c1-7(2)10(11(15)16)8-3-5-9(6-4-8)17-12(13)14/h3-7,10,12H,1-2H3,(H2,15,16). The molecule has 0 heterocycles. The summed E-state index contributed by atoms with van der Waals surface area (Å²) in [7, 11) is 0. The average molecular weight is 243 g/mol. The molecule has 0 aliphatic carbocycles. The second-order valence-corrected chi connectivity index (χ2v) is 4.07. The van der Waals surface area contributed by atoms with Crippen LogP contribution in [0, 0.1) is 5.92 Å². The van der Waals surface area contributed by atoms with Gasteiger partial charge >= 0.3 is 6.61 Å². The van der Waals surface area contributed by atoms with Gasteiger partial charge < -0.3 is 10.5 Å². The van der Waals surface area contributed by atoms with Gasteiger partial charge in [-0.2, -0.15) is 8.78 Å². The molecule has 0 radical (unpaired) electrons. The molecule has 1 unspecified atom stereocenters. The van der Waals surface area contributed by atoms with Gasteiger partial charge in [0.1, 0.15) is 5.75 Å². The molecule has 94 valence electrons.